The SMILES string of the molecule is C#Cc1[c]cccc1[N+](=O)[O-]. The number of hydrogen-bond donors (Lipinski definition) is 0. The van der Waals surface area contributed by atoms with Gasteiger partial charge in [-0.2, -0.15) is 0 Å². The standard InChI is InChI=1S/C8H4NO2/c1-2-7-5-3-4-6-8(7)9(10)11/h1,3-4,6H. The summed E-state index contributed by atoms with van der Waals surface area (Å²) in [6, 6.07) is 7.01. The van der Waals surface area contributed by atoms with Gasteiger partial charge in [-0.15, -0.1) is 6.42 Å². The van der Waals surface area contributed by atoms with Crippen LogP contribution in [0.1, 0.15) is 5.56 Å². The van der Waals surface area contributed by atoms with Crippen molar-refractivity contribution in [2.24, 2.45) is 0 Å². The van der Waals surface area contributed by atoms with Crippen LogP contribution in [0, 0.1) is 28.5 Å². The number of rotatable bonds is 1. The van der Waals surface area contributed by atoms with Crippen LogP contribution in [0.5, 0.6) is 0 Å². The minimum atomic E-state index is -0.522. The lowest BCUT2D eigenvalue weighted by Gasteiger charge is -1.91. The zero-order chi connectivity index (χ0) is 8.27. The Kier molecular flexibility index (Phi) is 1.88. The molecule has 0 bridgehead atoms. The molecule has 0 aliphatic carbocycles. The van der Waals surface area contributed by atoms with Crippen molar-refractivity contribution < 1.29 is 4.92 Å². The summed E-state index contributed by atoms with van der Waals surface area (Å²) in [6.45, 7) is 0. The summed E-state index contributed by atoms with van der Waals surface area (Å²) in [7, 11) is 0. The zero-order valence-corrected chi connectivity index (χ0v) is 5.57. The Hall–Kier alpha value is -1.82. The first-order valence-electron chi connectivity index (χ1n) is 2.87. The largest absolute Gasteiger partial charge is 0.285 e. The summed E-state index contributed by atoms with van der Waals surface area (Å²) < 4.78 is 0. The van der Waals surface area contributed by atoms with E-state index in [9.17, 15) is 10.1 Å². The van der Waals surface area contributed by atoms with Crippen molar-refractivity contribution in [2.45, 2.75) is 0 Å². The van der Waals surface area contributed by atoms with Crippen molar-refractivity contribution in [3.8, 4) is 12.3 Å². The fraction of sp³-hybridized carbons (Fsp3) is 0. The predicted molar refractivity (Wildman–Crippen MR) is 39.9 cm³/mol. The molecule has 0 N–H and O–H groups in total. The Labute approximate surface area is 63.8 Å². The van der Waals surface area contributed by atoms with E-state index < -0.39 is 4.92 Å². The maximum Gasteiger partial charge on any atom is 0.285 e. The van der Waals surface area contributed by atoms with Gasteiger partial charge in [0.2, 0.25) is 0 Å². The van der Waals surface area contributed by atoms with E-state index in [1.54, 1.807) is 6.07 Å². The molecule has 0 amide bonds. The molecule has 0 aliphatic rings. The normalized spacial score (nSPS) is 8.64. The summed E-state index contributed by atoms with van der Waals surface area (Å²) >= 11 is 0. The van der Waals surface area contributed by atoms with E-state index in [4.69, 9.17) is 6.42 Å². The first kappa shape index (κ1) is 7.29. The highest BCUT2D eigenvalue weighted by Gasteiger charge is 2.08. The van der Waals surface area contributed by atoms with Crippen LogP contribution in [0.4, 0.5) is 5.69 Å². The Morgan fingerprint density at radius 3 is 2.91 bits per heavy atom. The van der Waals surface area contributed by atoms with Crippen LogP contribution in [-0.4, -0.2) is 4.92 Å². The van der Waals surface area contributed by atoms with Crippen molar-refractivity contribution >= 4 is 5.69 Å². The van der Waals surface area contributed by atoms with Gasteiger partial charge in [-0.3, -0.25) is 10.1 Å². The Morgan fingerprint density at radius 1 is 1.73 bits per heavy atom. The van der Waals surface area contributed by atoms with Gasteiger partial charge in [0.1, 0.15) is 5.56 Å². The van der Waals surface area contributed by atoms with Gasteiger partial charge in [-0.05, 0) is 0 Å². The van der Waals surface area contributed by atoms with E-state index in [1.165, 1.54) is 12.1 Å². The second-order valence-electron chi connectivity index (χ2n) is 1.83. The molecule has 1 aromatic carbocycles. The van der Waals surface area contributed by atoms with Crippen LogP contribution in [0.25, 0.3) is 0 Å². The number of nitro benzene ring substituents is 1. The minimum absolute atomic E-state index is 0.0741. The zero-order valence-electron chi connectivity index (χ0n) is 5.57. The molecule has 0 saturated carbocycles. The number of terminal acetylenes is 1. The van der Waals surface area contributed by atoms with Gasteiger partial charge in [0.15, 0.2) is 0 Å². The number of benzene rings is 1. The molecular weight excluding hydrogens is 142 g/mol. The highest BCUT2D eigenvalue weighted by atomic mass is 16.6. The average Bonchev–Trinajstić information content (AvgIpc) is 2.04. The molecule has 1 radical (unpaired) electrons. The molecule has 0 spiro atoms. The summed E-state index contributed by atoms with van der Waals surface area (Å²) in [5.41, 5.74) is 0.118. The number of nitro groups is 1. The van der Waals surface area contributed by atoms with Crippen LogP contribution in [0.15, 0.2) is 18.2 Å². The summed E-state index contributed by atoms with van der Waals surface area (Å²) in [5, 5.41) is 10.3. The lowest BCUT2D eigenvalue weighted by atomic mass is 10.2. The van der Waals surface area contributed by atoms with Crippen molar-refractivity contribution in [2.75, 3.05) is 0 Å². The van der Waals surface area contributed by atoms with E-state index in [2.05, 4.69) is 12.0 Å². The molecule has 0 aliphatic heterocycles. The first-order chi connectivity index (χ1) is 5.25. The smallest absolute Gasteiger partial charge is 0.258 e. The Balaban J connectivity index is 3.26. The topological polar surface area (TPSA) is 43.1 Å². The van der Waals surface area contributed by atoms with Gasteiger partial charge in [-0.1, -0.05) is 18.1 Å². The highest BCUT2D eigenvalue weighted by Crippen LogP contribution is 2.14. The van der Waals surface area contributed by atoms with Crippen LogP contribution < -0.4 is 0 Å². The van der Waals surface area contributed by atoms with E-state index in [1.807, 2.05) is 0 Å². The summed E-state index contributed by atoms with van der Waals surface area (Å²) in [6.07, 6.45) is 5.00. The molecule has 0 atom stereocenters. The second-order valence-corrected chi connectivity index (χ2v) is 1.83. The number of nitrogens with zero attached hydrogens (tertiary/aromatic N) is 1. The van der Waals surface area contributed by atoms with Crippen molar-refractivity contribution in [3.63, 3.8) is 0 Å². The van der Waals surface area contributed by atoms with Crippen LogP contribution in [0.2, 0.25) is 0 Å². The molecule has 11 heavy (non-hydrogen) atoms. The summed E-state index contributed by atoms with van der Waals surface area (Å²) in [5.74, 6) is 2.18. The third kappa shape index (κ3) is 1.36. The quantitative estimate of drug-likeness (QED) is 0.341. The van der Waals surface area contributed by atoms with Gasteiger partial charge in [0.25, 0.3) is 5.69 Å². The second kappa shape index (κ2) is 2.84. The Bertz CT molecular complexity index is 325. The van der Waals surface area contributed by atoms with Gasteiger partial charge in [0, 0.05) is 12.1 Å². The average molecular weight is 146 g/mol. The van der Waals surface area contributed by atoms with Crippen LogP contribution in [-0.2, 0) is 0 Å². The number of hydrogen-bond acceptors (Lipinski definition) is 2. The van der Waals surface area contributed by atoms with Crippen LogP contribution in [0.3, 0.4) is 0 Å². The molecule has 0 heterocycles. The predicted octanol–water partition coefficient (Wildman–Crippen LogP) is 1.38. The molecule has 1 aromatic rings. The maximum absolute atomic E-state index is 10.3. The Morgan fingerprint density at radius 2 is 2.45 bits per heavy atom. The van der Waals surface area contributed by atoms with E-state index in [-0.39, 0.29) is 11.3 Å². The van der Waals surface area contributed by atoms with E-state index >= 15 is 0 Å². The maximum atomic E-state index is 10.3. The lowest BCUT2D eigenvalue weighted by Crippen LogP contribution is -1.90. The first-order valence-corrected chi connectivity index (χ1v) is 2.87. The molecule has 1 rings (SSSR count). The van der Waals surface area contributed by atoms with Crippen molar-refractivity contribution in [3.05, 3.63) is 39.9 Å². The monoisotopic (exact) mass is 146 g/mol. The van der Waals surface area contributed by atoms with E-state index in [0.717, 1.165) is 0 Å². The third-order valence-corrected chi connectivity index (χ3v) is 1.18. The molecule has 0 fully saturated rings. The third-order valence-electron chi connectivity index (χ3n) is 1.18. The lowest BCUT2D eigenvalue weighted by molar-refractivity contribution is -0.385. The molecule has 3 heteroatoms. The van der Waals surface area contributed by atoms with E-state index in [0.29, 0.717) is 0 Å². The van der Waals surface area contributed by atoms with Crippen LogP contribution >= 0.6 is 0 Å². The van der Waals surface area contributed by atoms with Crippen molar-refractivity contribution in [1.29, 1.82) is 0 Å². The fourth-order valence-corrected chi connectivity index (χ4v) is 0.696. The van der Waals surface area contributed by atoms with Gasteiger partial charge in [-0.25, -0.2) is 0 Å². The minimum Gasteiger partial charge on any atom is -0.258 e. The molecule has 53 valence electrons. The van der Waals surface area contributed by atoms with Gasteiger partial charge in [0.05, 0.1) is 4.92 Å². The van der Waals surface area contributed by atoms with Gasteiger partial charge < -0.3 is 0 Å². The molecule has 0 saturated heterocycles. The van der Waals surface area contributed by atoms with Crippen molar-refractivity contribution in [1.82, 2.24) is 0 Å². The molecule has 3 nitrogen and oxygen atoms in total. The molecular formula is C8H4NO2. The molecule has 0 unspecified atom stereocenters. The fourth-order valence-electron chi connectivity index (χ4n) is 0.696. The van der Waals surface area contributed by atoms with Gasteiger partial charge >= 0.3 is 0 Å². The highest BCUT2D eigenvalue weighted by molar-refractivity contribution is 5.48. The summed E-state index contributed by atoms with van der Waals surface area (Å²) in [4.78, 5) is 9.75. The molecule has 0 aromatic heterocycles.